The fourth-order valence-corrected chi connectivity index (χ4v) is 4.30. The van der Waals surface area contributed by atoms with Crippen molar-refractivity contribution in [3.8, 4) is 17.2 Å². The summed E-state index contributed by atoms with van der Waals surface area (Å²) in [5, 5.41) is 2.40. The molecule has 9 heteroatoms. The zero-order chi connectivity index (χ0) is 22.7. The second-order valence-corrected chi connectivity index (χ2v) is 8.28. The third kappa shape index (κ3) is 4.72. The number of rotatable bonds is 7. The Labute approximate surface area is 189 Å². The van der Waals surface area contributed by atoms with E-state index >= 15 is 0 Å². The number of benzene rings is 2. The molecule has 3 amide bonds. The van der Waals surface area contributed by atoms with Gasteiger partial charge in [-0.15, -0.1) is 0 Å². The van der Waals surface area contributed by atoms with Gasteiger partial charge in [-0.05, 0) is 48.5 Å². The van der Waals surface area contributed by atoms with Crippen LogP contribution < -0.4 is 19.5 Å². The van der Waals surface area contributed by atoms with Gasteiger partial charge in [0.1, 0.15) is 5.75 Å². The first-order valence-electron chi connectivity index (χ1n) is 10.00. The topological polar surface area (TPSA) is 94.2 Å². The summed E-state index contributed by atoms with van der Waals surface area (Å²) in [6.07, 6.45) is 1.80. The standard InChI is InChI=1S/C23H22N2O6S/c1-14-3-5-17(29-2)16(9-14)12-21(26)24-7-8-25-22(27)20(32-23(25)28)11-15-4-6-18-19(10-15)31-13-30-18/h3-6,9-11H,7-8,12-13H2,1-2H3,(H,24,26). The number of fused-ring (bicyclic) bond motifs is 1. The summed E-state index contributed by atoms with van der Waals surface area (Å²) in [5.41, 5.74) is 2.55. The van der Waals surface area contributed by atoms with Crippen LogP contribution in [-0.2, 0) is 16.0 Å². The summed E-state index contributed by atoms with van der Waals surface area (Å²) >= 11 is 0.875. The van der Waals surface area contributed by atoms with Crippen LogP contribution in [0, 0.1) is 6.92 Å². The minimum absolute atomic E-state index is 0.0971. The minimum Gasteiger partial charge on any atom is -0.496 e. The largest absolute Gasteiger partial charge is 0.496 e. The molecule has 32 heavy (non-hydrogen) atoms. The van der Waals surface area contributed by atoms with Gasteiger partial charge >= 0.3 is 0 Å². The van der Waals surface area contributed by atoms with Crippen LogP contribution in [0.1, 0.15) is 16.7 Å². The number of methoxy groups -OCH3 is 1. The molecule has 0 aliphatic carbocycles. The third-order valence-corrected chi connectivity index (χ3v) is 5.92. The summed E-state index contributed by atoms with van der Waals surface area (Å²) in [7, 11) is 1.56. The monoisotopic (exact) mass is 454 g/mol. The Morgan fingerprint density at radius 2 is 2.00 bits per heavy atom. The van der Waals surface area contributed by atoms with Crippen molar-refractivity contribution in [1.29, 1.82) is 0 Å². The summed E-state index contributed by atoms with van der Waals surface area (Å²) < 4.78 is 15.9. The normalized spacial score (nSPS) is 16.1. The lowest BCUT2D eigenvalue weighted by Gasteiger charge is -2.14. The van der Waals surface area contributed by atoms with E-state index < -0.39 is 0 Å². The molecule has 166 valence electrons. The van der Waals surface area contributed by atoms with Gasteiger partial charge in [0.15, 0.2) is 11.5 Å². The lowest BCUT2D eigenvalue weighted by atomic mass is 10.1. The second kappa shape index (κ2) is 9.35. The molecule has 8 nitrogen and oxygen atoms in total. The first-order chi connectivity index (χ1) is 15.4. The molecule has 2 heterocycles. The highest BCUT2D eigenvalue weighted by Crippen LogP contribution is 2.36. The summed E-state index contributed by atoms with van der Waals surface area (Å²) in [5.74, 6) is 1.30. The lowest BCUT2D eigenvalue weighted by molar-refractivity contribution is -0.124. The molecule has 2 aromatic rings. The predicted molar refractivity (Wildman–Crippen MR) is 120 cm³/mol. The van der Waals surface area contributed by atoms with E-state index in [0.717, 1.165) is 33.4 Å². The number of carbonyl (C=O) groups is 3. The van der Waals surface area contributed by atoms with Crippen molar-refractivity contribution < 1.29 is 28.6 Å². The van der Waals surface area contributed by atoms with Gasteiger partial charge in [0.2, 0.25) is 12.7 Å². The minimum atomic E-state index is -0.382. The van der Waals surface area contributed by atoms with E-state index in [1.165, 1.54) is 0 Å². The number of carbonyl (C=O) groups excluding carboxylic acids is 3. The van der Waals surface area contributed by atoms with Gasteiger partial charge in [-0.25, -0.2) is 0 Å². The second-order valence-electron chi connectivity index (χ2n) is 7.29. The predicted octanol–water partition coefficient (Wildman–Crippen LogP) is 3.13. The van der Waals surface area contributed by atoms with Gasteiger partial charge < -0.3 is 19.5 Å². The molecular formula is C23H22N2O6S. The SMILES string of the molecule is COc1ccc(C)cc1CC(=O)NCCN1C(=O)SC(=Cc2ccc3c(c2)OCO3)C1=O. The first kappa shape index (κ1) is 21.8. The van der Waals surface area contributed by atoms with Crippen LogP contribution in [-0.4, -0.2) is 48.9 Å². The first-order valence-corrected chi connectivity index (χ1v) is 10.8. The molecule has 2 aliphatic heterocycles. The molecule has 0 atom stereocenters. The molecule has 2 aromatic carbocycles. The number of nitrogens with zero attached hydrogens (tertiary/aromatic N) is 1. The van der Waals surface area contributed by atoms with Crippen molar-refractivity contribution in [3.05, 3.63) is 58.0 Å². The van der Waals surface area contributed by atoms with Crippen LogP contribution in [0.25, 0.3) is 6.08 Å². The van der Waals surface area contributed by atoms with E-state index in [1.807, 2.05) is 25.1 Å². The third-order valence-electron chi connectivity index (χ3n) is 5.01. The molecular weight excluding hydrogens is 432 g/mol. The number of hydrogen-bond acceptors (Lipinski definition) is 7. The molecule has 0 bridgehead atoms. The van der Waals surface area contributed by atoms with E-state index in [9.17, 15) is 14.4 Å². The Hall–Kier alpha value is -3.46. The van der Waals surface area contributed by atoms with E-state index in [1.54, 1.807) is 31.4 Å². The van der Waals surface area contributed by atoms with E-state index in [4.69, 9.17) is 14.2 Å². The number of ether oxygens (including phenoxy) is 3. The number of imide groups is 1. The van der Waals surface area contributed by atoms with Crippen molar-refractivity contribution in [2.24, 2.45) is 0 Å². The summed E-state index contributed by atoms with van der Waals surface area (Å²) in [6.45, 7) is 2.37. The highest BCUT2D eigenvalue weighted by atomic mass is 32.2. The van der Waals surface area contributed by atoms with Crippen molar-refractivity contribution >= 4 is 34.9 Å². The lowest BCUT2D eigenvalue weighted by Crippen LogP contribution is -2.37. The zero-order valence-corrected chi connectivity index (χ0v) is 18.5. The fraction of sp³-hybridized carbons (Fsp3) is 0.261. The molecule has 0 aromatic heterocycles. The van der Waals surface area contributed by atoms with Gasteiger partial charge in [0.25, 0.3) is 11.1 Å². The number of thioether (sulfide) groups is 1. The van der Waals surface area contributed by atoms with Crippen molar-refractivity contribution in [1.82, 2.24) is 10.2 Å². The Morgan fingerprint density at radius 1 is 1.19 bits per heavy atom. The highest BCUT2D eigenvalue weighted by molar-refractivity contribution is 8.18. The number of nitrogens with one attached hydrogen (secondary N) is 1. The Morgan fingerprint density at radius 3 is 2.81 bits per heavy atom. The molecule has 0 unspecified atom stereocenters. The van der Waals surface area contributed by atoms with Crippen LogP contribution in [0.15, 0.2) is 41.3 Å². The van der Waals surface area contributed by atoms with Crippen LogP contribution in [0.2, 0.25) is 0 Å². The molecule has 0 radical (unpaired) electrons. The Balaban J connectivity index is 1.33. The van der Waals surface area contributed by atoms with Gasteiger partial charge in [-0.1, -0.05) is 23.8 Å². The smallest absolute Gasteiger partial charge is 0.293 e. The maximum atomic E-state index is 12.7. The Kier molecular flexibility index (Phi) is 6.36. The van der Waals surface area contributed by atoms with E-state index in [-0.39, 0.29) is 43.4 Å². The maximum absolute atomic E-state index is 12.7. The molecule has 0 spiro atoms. The molecule has 0 saturated carbocycles. The van der Waals surface area contributed by atoms with Crippen molar-refractivity contribution in [2.75, 3.05) is 27.0 Å². The van der Waals surface area contributed by atoms with E-state index in [2.05, 4.69) is 5.32 Å². The van der Waals surface area contributed by atoms with Crippen LogP contribution in [0.3, 0.4) is 0 Å². The van der Waals surface area contributed by atoms with Crippen molar-refractivity contribution in [2.45, 2.75) is 13.3 Å². The molecule has 2 aliphatic rings. The highest BCUT2D eigenvalue weighted by Gasteiger charge is 2.34. The van der Waals surface area contributed by atoms with Crippen LogP contribution in [0.5, 0.6) is 17.2 Å². The van der Waals surface area contributed by atoms with Crippen LogP contribution in [0.4, 0.5) is 4.79 Å². The maximum Gasteiger partial charge on any atom is 0.293 e. The average molecular weight is 455 g/mol. The Bertz CT molecular complexity index is 1110. The van der Waals surface area contributed by atoms with Gasteiger partial charge in [-0.2, -0.15) is 0 Å². The molecule has 1 fully saturated rings. The summed E-state index contributed by atoms with van der Waals surface area (Å²) in [6, 6.07) is 11.0. The average Bonchev–Trinajstić information content (AvgIpc) is 3.33. The van der Waals surface area contributed by atoms with Gasteiger partial charge in [0.05, 0.1) is 18.4 Å². The van der Waals surface area contributed by atoms with Crippen LogP contribution >= 0.6 is 11.8 Å². The molecule has 1 N–H and O–H groups in total. The molecule has 1 saturated heterocycles. The van der Waals surface area contributed by atoms with Gasteiger partial charge in [-0.3, -0.25) is 19.3 Å². The summed E-state index contributed by atoms with van der Waals surface area (Å²) in [4.78, 5) is 38.8. The zero-order valence-electron chi connectivity index (χ0n) is 17.7. The fourth-order valence-electron chi connectivity index (χ4n) is 3.44. The van der Waals surface area contributed by atoms with E-state index in [0.29, 0.717) is 22.2 Å². The quantitative estimate of drug-likeness (QED) is 0.643. The number of aryl methyl sites for hydroxylation is 1. The molecule has 4 rings (SSSR count). The number of hydrogen-bond donors (Lipinski definition) is 1. The number of amides is 3. The van der Waals surface area contributed by atoms with Crippen molar-refractivity contribution in [3.63, 3.8) is 0 Å². The van der Waals surface area contributed by atoms with Gasteiger partial charge in [0, 0.05) is 18.7 Å².